The maximum atomic E-state index is 13.4. The number of nitrogen functional groups attached to an aromatic ring is 5. The van der Waals surface area contributed by atoms with Crippen molar-refractivity contribution < 1.29 is 38.7 Å². The molecule has 1 heterocycles. The van der Waals surface area contributed by atoms with Crippen molar-refractivity contribution in [3.8, 4) is 73.4 Å². The number of rotatable bonds is 5. The van der Waals surface area contributed by atoms with Gasteiger partial charge in [-0.3, -0.25) is 4.98 Å². The van der Waals surface area contributed by atoms with Gasteiger partial charge in [0.1, 0.15) is 46.2 Å². The van der Waals surface area contributed by atoms with Crippen LogP contribution in [0.5, 0.6) is 28.7 Å². The normalized spacial score (nSPS) is 11.2. The molecule has 1 aromatic heterocycles. The van der Waals surface area contributed by atoms with Gasteiger partial charge in [-0.2, -0.15) is 0 Å². The first-order valence-corrected chi connectivity index (χ1v) is 21.7. The van der Waals surface area contributed by atoms with Gasteiger partial charge in [-0.1, -0.05) is 48.5 Å². The minimum Gasteiger partial charge on any atom is -0.508 e. The molecule has 10 rings (SSSR count). The Morgan fingerprint density at radius 2 is 0.843 bits per heavy atom. The van der Waals surface area contributed by atoms with E-state index in [-0.39, 0.29) is 40.4 Å². The van der Waals surface area contributed by atoms with Gasteiger partial charge in [0.15, 0.2) is 0 Å². The van der Waals surface area contributed by atoms with E-state index in [0.717, 1.165) is 22.5 Å². The standard InChI is InChI=1S/3C12H10FNO.C11H10N2O.C9H11NO/c13-9-3-1-8(2-4-9)11-7-10(14)5-6-12(11)15;13-9-3-1-2-8(6-9)11-7-10(14)4-5-12(11)15;13-11-4-2-1-3-9(11)10-7-8(14)5-6-12(10)15;12-8-4-5-11(14)9(7-8)10-3-1-2-6-13-10;10-7-3-4-9(11)8(5-7)6-1-2-6/h3*1-7,15H,14H2;1-7,14H,12H2;3-6,11H,1-2,10H2. The van der Waals surface area contributed by atoms with Gasteiger partial charge >= 0.3 is 0 Å². The summed E-state index contributed by atoms with van der Waals surface area (Å²) >= 11 is 0. The lowest BCUT2D eigenvalue weighted by molar-refractivity contribution is 0.468. The van der Waals surface area contributed by atoms with Gasteiger partial charge < -0.3 is 54.2 Å². The van der Waals surface area contributed by atoms with E-state index in [1.54, 1.807) is 115 Å². The van der Waals surface area contributed by atoms with Gasteiger partial charge in [0.05, 0.1) is 5.69 Å². The van der Waals surface area contributed by atoms with Crippen molar-refractivity contribution in [1.29, 1.82) is 0 Å². The minimum atomic E-state index is -0.376. The topological polar surface area (TPSA) is 244 Å². The van der Waals surface area contributed by atoms with Crippen LogP contribution in [0.4, 0.5) is 41.6 Å². The maximum absolute atomic E-state index is 13.4. The summed E-state index contributed by atoms with van der Waals surface area (Å²) in [6.07, 6.45) is 4.06. The number of phenolic OH excluding ortho intramolecular Hbond substituents is 5. The molecule has 0 unspecified atom stereocenters. The molecule has 1 aliphatic rings. The van der Waals surface area contributed by atoms with Crippen LogP contribution >= 0.6 is 0 Å². The highest BCUT2D eigenvalue weighted by Crippen LogP contribution is 2.44. The van der Waals surface area contributed by atoms with Gasteiger partial charge in [0.25, 0.3) is 0 Å². The van der Waals surface area contributed by atoms with Crippen LogP contribution in [0.15, 0.2) is 188 Å². The molecule has 9 aromatic rings. The average molecular weight is 945 g/mol. The average Bonchev–Trinajstić information content (AvgIpc) is 4.21. The summed E-state index contributed by atoms with van der Waals surface area (Å²) in [5, 5.41) is 47.8. The second-order valence-electron chi connectivity index (χ2n) is 15.9. The first-order chi connectivity index (χ1) is 33.6. The van der Waals surface area contributed by atoms with E-state index < -0.39 is 0 Å². The number of nitrogens with two attached hydrogens (primary N) is 5. The van der Waals surface area contributed by atoms with E-state index in [9.17, 15) is 38.7 Å². The van der Waals surface area contributed by atoms with E-state index >= 15 is 0 Å². The molecule has 0 saturated heterocycles. The summed E-state index contributed by atoms with van der Waals surface area (Å²) in [4.78, 5) is 4.14. The van der Waals surface area contributed by atoms with Gasteiger partial charge in [-0.15, -0.1) is 0 Å². The number of nitrogens with zero attached hydrogens (tertiary/aromatic N) is 1. The smallest absolute Gasteiger partial charge is 0.131 e. The molecule has 14 heteroatoms. The van der Waals surface area contributed by atoms with Crippen LogP contribution < -0.4 is 28.7 Å². The van der Waals surface area contributed by atoms with Crippen molar-refractivity contribution >= 4 is 28.4 Å². The van der Waals surface area contributed by atoms with Gasteiger partial charge in [-0.05, 0) is 169 Å². The maximum Gasteiger partial charge on any atom is 0.131 e. The van der Waals surface area contributed by atoms with E-state index in [1.807, 2.05) is 24.3 Å². The molecule has 1 aliphatic carbocycles. The third-order valence-electron chi connectivity index (χ3n) is 10.5. The fraction of sp³-hybridized carbons (Fsp3) is 0.0536. The fourth-order valence-electron chi connectivity index (χ4n) is 6.88. The minimum absolute atomic E-state index is 0.0225. The van der Waals surface area contributed by atoms with Crippen LogP contribution in [0.1, 0.15) is 24.3 Å². The molecule has 0 aliphatic heterocycles. The lowest BCUT2D eigenvalue weighted by Crippen LogP contribution is -1.88. The Morgan fingerprint density at radius 3 is 1.37 bits per heavy atom. The zero-order chi connectivity index (χ0) is 50.3. The number of halogens is 3. The number of aromatic nitrogens is 1. The predicted molar refractivity (Wildman–Crippen MR) is 274 cm³/mol. The van der Waals surface area contributed by atoms with Crippen LogP contribution in [0.25, 0.3) is 44.6 Å². The molecular weight excluding hydrogens is 894 g/mol. The van der Waals surface area contributed by atoms with Gasteiger partial charge in [0.2, 0.25) is 0 Å². The lowest BCUT2D eigenvalue weighted by atomic mass is 10.0. The molecule has 1 fully saturated rings. The highest BCUT2D eigenvalue weighted by Gasteiger charge is 2.26. The molecule has 1 saturated carbocycles. The molecule has 0 atom stereocenters. The molecule has 15 N–H and O–H groups in total. The molecule has 11 nitrogen and oxygen atoms in total. The zero-order valence-corrected chi connectivity index (χ0v) is 37.6. The summed E-state index contributed by atoms with van der Waals surface area (Å²) in [7, 11) is 0. The Balaban J connectivity index is 0.000000144. The second kappa shape index (κ2) is 23.4. The molecule has 70 heavy (non-hydrogen) atoms. The van der Waals surface area contributed by atoms with Crippen LogP contribution in [-0.2, 0) is 0 Å². The molecule has 0 amide bonds. The lowest BCUT2D eigenvalue weighted by Gasteiger charge is -2.06. The molecular formula is C56H51F3N6O5. The molecule has 356 valence electrons. The highest BCUT2D eigenvalue weighted by molar-refractivity contribution is 5.76. The zero-order valence-electron chi connectivity index (χ0n) is 37.6. The Labute approximate surface area is 402 Å². The molecule has 8 aromatic carbocycles. The van der Waals surface area contributed by atoms with Crippen molar-refractivity contribution in [2.45, 2.75) is 18.8 Å². The fourth-order valence-corrected chi connectivity index (χ4v) is 6.88. The number of pyridine rings is 1. The van der Waals surface area contributed by atoms with E-state index in [1.165, 1.54) is 61.4 Å². The van der Waals surface area contributed by atoms with Crippen LogP contribution in [-0.4, -0.2) is 30.5 Å². The second-order valence-corrected chi connectivity index (χ2v) is 15.9. The van der Waals surface area contributed by atoms with Crippen LogP contribution in [0.3, 0.4) is 0 Å². The third-order valence-corrected chi connectivity index (χ3v) is 10.5. The quantitative estimate of drug-likeness (QED) is 0.0574. The largest absolute Gasteiger partial charge is 0.508 e. The van der Waals surface area contributed by atoms with Crippen molar-refractivity contribution in [3.05, 3.63) is 211 Å². The van der Waals surface area contributed by atoms with Crippen LogP contribution in [0.2, 0.25) is 0 Å². The number of hydrogen-bond donors (Lipinski definition) is 10. The number of anilines is 5. The Morgan fingerprint density at radius 1 is 0.371 bits per heavy atom. The van der Waals surface area contributed by atoms with Crippen molar-refractivity contribution in [2.24, 2.45) is 0 Å². The van der Waals surface area contributed by atoms with Crippen molar-refractivity contribution in [1.82, 2.24) is 4.98 Å². The summed E-state index contributed by atoms with van der Waals surface area (Å²) in [6, 6.07) is 47.9. The molecule has 0 radical (unpaired) electrons. The van der Waals surface area contributed by atoms with Crippen LogP contribution in [0, 0.1) is 17.5 Å². The molecule has 0 bridgehead atoms. The van der Waals surface area contributed by atoms with Crippen molar-refractivity contribution in [2.75, 3.05) is 28.7 Å². The number of aromatic hydroxyl groups is 5. The Hall–Kier alpha value is -9.30. The molecule has 0 spiro atoms. The Bertz CT molecular complexity index is 3170. The first-order valence-electron chi connectivity index (χ1n) is 21.7. The predicted octanol–water partition coefficient (Wildman–Crippen LogP) is 12.2. The van der Waals surface area contributed by atoms with Gasteiger partial charge in [0, 0.05) is 62.5 Å². The van der Waals surface area contributed by atoms with Crippen molar-refractivity contribution in [3.63, 3.8) is 0 Å². The summed E-state index contributed by atoms with van der Waals surface area (Å²) in [6.45, 7) is 0. The summed E-state index contributed by atoms with van der Waals surface area (Å²) in [5.41, 5.74) is 36.6. The number of phenols is 5. The first kappa shape index (κ1) is 50.1. The monoisotopic (exact) mass is 944 g/mol. The summed E-state index contributed by atoms with van der Waals surface area (Å²) < 4.78 is 39.1. The van der Waals surface area contributed by atoms with E-state index in [4.69, 9.17) is 28.7 Å². The number of hydrogen-bond acceptors (Lipinski definition) is 11. The Kier molecular flexibility index (Phi) is 16.8. The van der Waals surface area contributed by atoms with Gasteiger partial charge in [-0.25, -0.2) is 13.2 Å². The highest BCUT2D eigenvalue weighted by atomic mass is 19.1. The van der Waals surface area contributed by atoms with E-state index in [2.05, 4.69) is 4.98 Å². The third kappa shape index (κ3) is 14.1. The van der Waals surface area contributed by atoms with E-state index in [0.29, 0.717) is 67.8 Å². The summed E-state index contributed by atoms with van der Waals surface area (Å²) in [5.74, 6) is 0.382. The number of benzene rings is 8. The SMILES string of the molecule is Nc1ccc(O)c(-c2ccc(F)cc2)c1.Nc1ccc(O)c(-c2cccc(F)c2)c1.Nc1ccc(O)c(-c2ccccc2F)c1.Nc1ccc(O)c(-c2ccccn2)c1.Nc1ccc(O)c(C2CC2)c1.